The number of methoxy groups -OCH3 is 2. The molecule has 4 nitrogen and oxygen atoms in total. The molecular weight excluding hydrogens is 228 g/mol. The first-order chi connectivity index (χ1) is 8.63. The predicted octanol–water partition coefficient (Wildman–Crippen LogP) is 1.98. The SMILES string of the molecule is CCC1CCCCCN1C(C)(CN)C(OC)OC. The van der Waals surface area contributed by atoms with Crippen LogP contribution in [-0.4, -0.2) is 50.1 Å². The summed E-state index contributed by atoms with van der Waals surface area (Å²) in [7, 11) is 3.39. The van der Waals surface area contributed by atoms with Crippen molar-refractivity contribution < 1.29 is 9.47 Å². The van der Waals surface area contributed by atoms with Crippen LogP contribution in [0, 0.1) is 0 Å². The van der Waals surface area contributed by atoms with Crippen LogP contribution >= 0.6 is 0 Å². The second-order valence-corrected chi connectivity index (χ2v) is 5.47. The summed E-state index contributed by atoms with van der Waals surface area (Å²) in [6.45, 7) is 6.07. The molecule has 108 valence electrons. The molecule has 2 atom stereocenters. The molecule has 0 saturated carbocycles. The van der Waals surface area contributed by atoms with Crippen LogP contribution in [0.25, 0.3) is 0 Å². The van der Waals surface area contributed by atoms with Gasteiger partial charge in [0, 0.05) is 26.8 Å². The number of rotatable bonds is 6. The summed E-state index contributed by atoms with van der Waals surface area (Å²) in [6.07, 6.45) is 6.03. The van der Waals surface area contributed by atoms with Crippen molar-refractivity contribution in [1.82, 2.24) is 4.90 Å². The van der Waals surface area contributed by atoms with E-state index >= 15 is 0 Å². The molecule has 0 bridgehead atoms. The van der Waals surface area contributed by atoms with E-state index in [4.69, 9.17) is 15.2 Å². The van der Waals surface area contributed by atoms with E-state index in [0.717, 1.165) is 13.0 Å². The van der Waals surface area contributed by atoms with E-state index in [9.17, 15) is 0 Å². The Labute approximate surface area is 112 Å². The van der Waals surface area contributed by atoms with Crippen molar-refractivity contribution in [2.75, 3.05) is 27.3 Å². The van der Waals surface area contributed by atoms with Crippen molar-refractivity contribution in [2.24, 2.45) is 5.73 Å². The molecule has 2 unspecified atom stereocenters. The van der Waals surface area contributed by atoms with E-state index in [1.165, 1.54) is 25.7 Å². The summed E-state index contributed by atoms with van der Waals surface area (Å²) in [5, 5.41) is 0. The first-order valence-corrected chi connectivity index (χ1v) is 7.16. The van der Waals surface area contributed by atoms with Gasteiger partial charge in [0.25, 0.3) is 0 Å². The fourth-order valence-electron chi connectivity index (χ4n) is 3.23. The summed E-state index contributed by atoms with van der Waals surface area (Å²) in [5.74, 6) is 0. The minimum Gasteiger partial charge on any atom is -0.354 e. The fraction of sp³-hybridized carbons (Fsp3) is 1.00. The van der Waals surface area contributed by atoms with Crippen molar-refractivity contribution in [2.45, 2.75) is 63.8 Å². The van der Waals surface area contributed by atoms with Gasteiger partial charge in [-0.05, 0) is 32.7 Å². The van der Waals surface area contributed by atoms with Gasteiger partial charge in [-0.3, -0.25) is 4.90 Å². The van der Waals surface area contributed by atoms with Crippen LogP contribution in [0.3, 0.4) is 0 Å². The number of nitrogens with zero attached hydrogens (tertiary/aromatic N) is 1. The van der Waals surface area contributed by atoms with Crippen LogP contribution in [0.1, 0.15) is 46.0 Å². The third kappa shape index (κ3) is 3.23. The molecule has 0 radical (unpaired) electrons. The van der Waals surface area contributed by atoms with Crippen LogP contribution in [0.5, 0.6) is 0 Å². The molecular formula is C14H30N2O2. The Morgan fingerprint density at radius 3 is 2.44 bits per heavy atom. The number of hydrogen-bond acceptors (Lipinski definition) is 4. The van der Waals surface area contributed by atoms with E-state index < -0.39 is 0 Å². The molecule has 0 aromatic carbocycles. The van der Waals surface area contributed by atoms with Crippen molar-refractivity contribution in [1.29, 1.82) is 0 Å². The van der Waals surface area contributed by atoms with E-state index in [2.05, 4.69) is 18.7 Å². The van der Waals surface area contributed by atoms with Crippen LogP contribution in [0.4, 0.5) is 0 Å². The molecule has 0 aromatic rings. The lowest BCUT2D eigenvalue weighted by atomic mass is 9.94. The van der Waals surface area contributed by atoms with Crippen molar-refractivity contribution >= 4 is 0 Å². The molecule has 1 aliphatic rings. The van der Waals surface area contributed by atoms with Gasteiger partial charge in [0.15, 0.2) is 6.29 Å². The number of likely N-dealkylation sites (tertiary alicyclic amines) is 1. The zero-order valence-electron chi connectivity index (χ0n) is 12.4. The highest BCUT2D eigenvalue weighted by Gasteiger charge is 2.42. The summed E-state index contributed by atoms with van der Waals surface area (Å²) in [4.78, 5) is 2.53. The van der Waals surface area contributed by atoms with Gasteiger partial charge >= 0.3 is 0 Å². The quantitative estimate of drug-likeness (QED) is 0.740. The van der Waals surface area contributed by atoms with Gasteiger partial charge in [0.2, 0.25) is 0 Å². The molecule has 18 heavy (non-hydrogen) atoms. The monoisotopic (exact) mass is 258 g/mol. The third-order valence-corrected chi connectivity index (χ3v) is 4.35. The zero-order chi connectivity index (χ0) is 13.6. The standard InChI is InChI=1S/C14H30N2O2/c1-5-12-9-7-6-8-10-16(12)14(2,11-15)13(17-3)18-4/h12-13H,5-11,15H2,1-4H3. The molecule has 1 rings (SSSR count). The maximum Gasteiger partial charge on any atom is 0.176 e. The molecule has 1 heterocycles. The summed E-state index contributed by atoms with van der Waals surface area (Å²) >= 11 is 0. The van der Waals surface area contributed by atoms with Gasteiger partial charge in [-0.15, -0.1) is 0 Å². The second kappa shape index (κ2) is 7.43. The smallest absolute Gasteiger partial charge is 0.176 e. The molecule has 4 heteroatoms. The summed E-state index contributed by atoms with van der Waals surface area (Å²) in [6, 6.07) is 0.592. The maximum atomic E-state index is 6.06. The first-order valence-electron chi connectivity index (χ1n) is 7.16. The highest BCUT2D eigenvalue weighted by atomic mass is 16.7. The Balaban J connectivity index is 2.94. The number of nitrogens with two attached hydrogens (primary N) is 1. The van der Waals surface area contributed by atoms with E-state index in [1.807, 2.05) is 0 Å². The zero-order valence-corrected chi connectivity index (χ0v) is 12.4. The minimum atomic E-state index is -0.269. The van der Waals surface area contributed by atoms with Gasteiger partial charge in [-0.2, -0.15) is 0 Å². The molecule has 0 aliphatic carbocycles. The minimum absolute atomic E-state index is 0.242. The first kappa shape index (κ1) is 15.9. The van der Waals surface area contributed by atoms with Crippen LogP contribution in [0.15, 0.2) is 0 Å². The molecule has 2 N–H and O–H groups in total. The maximum absolute atomic E-state index is 6.06. The average molecular weight is 258 g/mol. The van der Waals surface area contributed by atoms with Gasteiger partial charge < -0.3 is 15.2 Å². The van der Waals surface area contributed by atoms with Crippen LogP contribution in [-0.2, 0) is 9.47 Å². The lowest BCUT2D eigenvalue weighted by Gasteiger charge is -2.47. The normalized spacial score (nSPS) is 26.0. The Morgan fingerprint density at radius 1 is 1.28 bits per heavy atom. The Kier molecular flexibility index (Phi) is 6.57. The molecule has 1 aliphatic heterocycles. The van der Waals surface area contributed by atoms with Crippen molar-refractivity contribution in [3.05, 3.63) is 0 Å². The van der Waals surface area contributed by atoms with E-state index in [0.29, 0.717) is 12.6 Å². The van der Waals surface area contributed by atoms with E-state index in [1.54, 1.807) is 14.2 Å². The van der Waals surface area contributed by atoms with Crippen molar-refractivity contribution in [3.8, 4) is 0 Å². The van der Waals surface area contributed by atoms with Gasteiger partial charge in [-0.1, -0.05) is 19.8 Å². The van der Waals surface area contributed by atoms with Crippen LogP contribution < -0.4 is 5.73 Å². The Bertz CT molecular complexity index is 234. The largest absolute Gasteiger partial charge is 0.354 e. The third-order valence-electron chi connectivity index (χ3n) is 4.35. The molecule has 1 fully saturated rings. The topological polar surface area (TPSA) is 47.7 Å². The molecule has 0 amide bonds. The highest BCUT2D eigenvalue weighted by Crippen LogP contribution is 2.30. The van der Waals surface area contributed by atoms with E-state index in [-0.39, 0.29) is 11.8 Å². The lowest BCUT2D eigenvalue weighted by molar-refractivity contribution is -0.188. The summed E-state index contributed by atoms with van der Waals surface area (Å²) < 4.78 is 11.0. The highest BCUT2D eigenvalue weighted by molar-refractivity contribution is 4.95. The number of ether oxygens (including phenoxy) is 2. The lowest BCUT2D eigenvalue weighted by Crippen LogP contribution is -2.63. The second-order valence-electron chi connectivity index (χ2n) is 5.47. The number of hydrogen-bond donors (Lipinski definition) is 1. The average Bonchev–Trinajstić information content (AvgIpc) is 2.65. The molecule has 0 aromatic heterocycles. The Hall–Kier alpha value is -0.160. The molecule has 0 spiro atoms. The fourth-order valence-corrected chi connectivity index (χ4v) is 3.23. The Morgan fingerprint density at radius 2 is 1.94 bits per heavy atom. The summed E-state index contributed by atoms with van der Waals surface area (Å²) in [5.41, 5.74) is 5.81. The van der Waals surface area contributed by atoms with Gasteiger partial charge in [0.1, 0.15) is 0 Å². The van der Waals surface area contributed by atoms with Gasteiger partial charge in [0.05, 0.1) is 5.54 Å². The van der Waals surface area contributed by atoms with Crippen LogP contribution in [0.2, 0.25) is 0 Å². The van der Waals surface area contributed by atoms with Gasteiger partial charge in [-0.25, -0.2) is 0 Å². The van der Waals surface area contributed by atoms with Crippen molar-refractivity contribution in [3.63, 3.8) is 0 Å². The predicted molar refractivity (Wildman–Crippen MR) is 74.5 cm³/mol. The molecule has 1 saturated heterocycles.